The zero-order chi connectivity index (χ0) is 27.0. The predicted octanol–water partition coefficient (Wildman–Crippen LogP) is 6.84. The Morgan fingerprint density at radius 2 is 1.51 bits per heavy atom. The molecule has 3 aromatic rings. The fourth-order valence-electron chi connectivity index (χ4n) is 4.33. The van der Waals surface area contributed by atoms with E-state index in [9.17, 15) is 9.59 Å². The van der Waals surface area contributed by atoms with Gasteiger partial charge in [-0.05, 0) is 60.1 Å². The number of hydrogen-bond donors (Lipinski definition) is 1. The van der Waals surface area contributed by atoms with Gasteiger partial charge in [0, 0.05) is 29.9 Å². The van der Waals surface area contributed by atoms with Crippen molar-refractivity contribution in [1.82, 2.24) is 10.2 Å². The van der Waals surface area contributed by atoms with Crippen LogP contribution in [0.15, 0.2) is 83.3 Å². The zero-order valence-electron chi connectivity index (χ0n) is 22.6. The zero-order valence-corrected chi connectivity index (χ0v) is 24.2. The highest BCUT2D eigenvalue weighted by Gasteiger charge is 2.30. The van der Waals surface area contributed by atoms with Gasteiger partial charge in [-0.25, -0.2) is 0 Å². The van der Waals surface area contributed by atoms with E-state index in [0.717, 1.165) is 21.2 Å². The molecule has 3 aromatic carbocycles. The quantitative estimate of drug-likeness (QED) is 0.294. The molecule has 3 rings (SSSR count). The molecular weight excluding hydrogens is 524 g/mol. The first-order chi connectivity index (χ1) is 17.5. The standard InChI is InChI=1S/C32H39BrN2O2/c1-23(2)34-31(37)29(21-25-10-7-6-8-11-25)35(22-26-12-9-13-28(33)20-26)30(36)19-16-24-14-17-27(18-15-24)32(3,4)5/h6-15,17-18,20,23,29H,16,19,21-22H2,1-5H3,(H,34,37)/t29-/m0/s1. The lowest BCUT2D eigenvalue weighted by Gasteiger charge is -2.32. The molecule has 196 valence electrons. The summed E-state index contributed by atoms with van der Waals surface area (Å²) < 4.78 is 0.947. The molecule has 0 spiro atoms. The van der Waals surface area contributed by atoms with Gasteiger partial charge in [-0.3, -0.25) is 9.59 Å². The number of carbonyl (C=O) groups is 2. The fraction of sp³-hybridized carbons (Fsp3) is 0.375. The molecule has 0 aliphatic heterocycles. The Bertz CT molecular complexity index is 1170. The average molecular weight is 564 g/mol. The van der Waals surface area contributed by atoms with E-state index >= 15 is 0 Å². The van der Waals surface area contributed by atoms with Gasteiger partial charge in [0.15, 0.2) is 0 Å². The lowest BCUT2D eigenvalue weighted by Crippen LogP contribution is -2.51. The van der Waals surface area contributed by atoms with Gasteiger partial charge in [-0.15, -0.1) is 0 Å². The summed E-state index contributed by atoms with van der Waals surface area (Å²) in [5.74, 6) is -0.156. The Balaban J connectivity index is 1.88. The smallest absolute Gasteiger partial charge is 0.243 e. The maximum Gasteiger partial charge on any atom is 0.243 e. The third kappa shape index (κ3) is 8.85. The number of aryl methyl sites for hydroxylation is 1. The van der Waals surface area contributed by atoms with Crippen LogP contribution in [0.4, 0.5) is 0 Å². The van der Waals surface area contributed by atoms with Crippen molar-refractivity contribution < 1.29 is 9.59 Å². The lowest BCUT2D eigenvalue weighted by atomic mass is 9.86. The molecule has 0 saturated heterocycles. The maximum atomic E-state index is 13.8. The van der Waals surface area contributed by atoms with Crippen molar-refractivity contribution in [2.45, 2.75) is 77.9 Å². The van der Waals surface area contributed by atoms with Crippen LogP contribution in [0.5, 0.6) is 0 Å². The van der Waals surface area contributed by atoms with Crippen molar-refractivity contribution in [1.29, 1.82) is 0 Å². The summed E-state index contributed by atoms with van der Waals surface area (Å²) in [6, 6.07) is 25.7. The molecule has 2 amide bonds. The largest absolute Gasteiger partial charge is 0.352 e. The van der Waals surface area contributed by atoms with Crippen LogP contribution in [0.25, 0.3) is 0 Å². The first-order valence-electron chi connectivity index (χ1n) is 13.0. The van der Waals surface area contributed by atoms with Crippen molar-refractivity contribution in [2.75, 3.05) is 0 Å². The number of rotatable bonds is 10. The van der Waals surface area contributed by atoms with E-state index in [-0.39, 0.29) is 23.3 Å². The maximum absolute atomic E-state index is 13.8. The molecule has 5 heteroatoms. The molecule has 0 aliphatic carbocycles. The van der Waals surface area contributed by atoms with Crippen molar-refractivity contribution >= 4 is 27.7 Å². The van der Waals surface area contributed by atoms with Crippen molar-refractivity contribution in [2.24, 2.45) is 0 Å². The van der Waals surface area contributed by atoms with E-state index in [1.807, 2.05) is 68.4 Å². The summed E-state index contributed by atoms with van der Waals surface area (Å²) in [6.07, 6.45) is 1.42. The van der Waals surface area contributed by atoms with Crippen LogP contribution in [0.2, 0.25) is 0 Å². The number of nitrogens with one attached hydrogen (secondary N) is 1. The molecule has 0 aromatic heterocycles. The van der Waals surface area contributed by atoms with Gasteiger partial charge in [-0.2, -0.15) is 0 Å². The Morgan fingerprint density at radius 3 is 2.11 bits per heavy atom. The summed E-state index contributed by atoms with van der Waals surface area (Å²) in [5.41, 5.74) is 4.48. The minimum atomic E-state index is -0.612. The van der Waals surface area contributed by atoms with Gasteiger partial charge in [0.2, 0.25) is 11.8 Å². The van der Waals surface area contributed by atoms with Crippen molar-refractivity contribution in [3.05, 3.63) is 106 Å². The van der Waals surface area contributed by atoms with Crippen molar-refractivity contribution in [3.63, 3.8) is 0 Å². The molecule has 0 saturated carbocycles. The second-order valence-electron chi connectivity index (χ2n) is 11.0. The third-order valence-corrected chi connectivity index (χ3v) is 6.88. The van der Waals surface area contributed by atoms with Crippen LogP contribution in [0.1, 0.15) is 63.3 Å². The molecule has 0 bridgehead atoms. The van der Waals surface area contributed by atoms with E-state index < -0.39 is 6.04 Å². The first kappa shape index (κ1) is 28.6. The van der Waals surface area contributed by atoms with E-state index in [2.05, 4.69) is 66.3 Å². The Labute approximate surface area is 230 Å². The van der Waals surface area contributed by atoms with E-state index in [1.54, 1.807) is 4.90 Å². The van der Waals surface area contributed by atoms with Crippen LogP contribution in [-0.4, -0.2) is 28.8 Å². The number of benzene rings is 3. The molecule has 0 unspecified atom stereocenters. The number of amides is 2. The Hall–Kier alpha value is -2.92. The molecule has 1 atom stereocenters. The number of hydrogen-bond acceptors (Lipinski definition) is 2. The second-order valence-corrected chi connectivity index (χ2v) is 11.9. The Kier molecular flexibility index (Phi) is 10.1. The number of nitrogens with zero attached hydrogens (tertiary/aromatic N) is 1. The third-order valence-electron chi connectivity index (χ3n) is 6.39. The monoisotopic (exact) mass is 562 g/mol. The van der Waals surface area contributed by atoms with Gasteiger partial charge in [0.1, 0.15) is 6.04 Å². The highest BCUT2D eigenvalue weighted by Crippen LogP contribution is 2.23. The lowest BCUT2D eigenvalue weighted by molar-refractivity contribution is -0.141. The minimum Gasteiger partial charge on any atom is -0.352 e. The normalized spacial score (nSPS) is 12.3. The SMILES string of the molecule is CC(C)NC(=O)[C@H](Cc1ccccc1)N(Cc1cccc(Br)c1)C(=O)CCc1ccc(C(C)(C)C)cc1. The summed E-state index contributed by atoms with van der Waals surface area (Å²) in [5, 5.41) is 3.05. The minimum absolute atomic E-state index is 0.0186. The highest BCUT2D eigenvalue weighted by molar-refractivity contribution is 9.10. The van der Waals surface area contributed by atoms with Crippen LogP contribution in [0.3, 0.4) is 0 Å². The second kappa shape index (κ2) is 13.0. The van der Waals surface area contributed by atoms with Gasteiger partial charge in [0.25, 0.3) is 0 Å². The summed E-state index contributed by atoms with van der Waals surface area (Å²) in [6.45, 7) is 10.8. The van der Waals surface area contributed by atoms with E-state index in [4.69, 9.17) is 0 Å². The first-order valence-corrected chi connectivity index (χ1v) is 13.8. The number of halogens is 1. The number of carbonyl (C=O) groups excluding carboxylic acids is 2. The molecule has 0 fully saturated rings. The molecule has 0 radical (unpaired) electrons. The van der Waals surface area contributed by atoms with Gasteiger partial charge >= 0.3 is 0 Å². The van der Waals surface area contributed by atoms with Gasteiger partial charge in [-0.1, -0.05) is 103 Å². The molecule has 37 heavy (non-hydrogen) atoms. The molecule has 4 nitrogen and oxygen atoms in total. The molecule has 1 N–H and O–H groups in total. The molecule has 0 aliphatic rings. The summed E-state index contributed by atoms with van der Waals surface area (Å²) in [4.78, 5) is 29.0. The molecular formula is C32H39BrN2O2. The van der Waals surface area contributed by atoms with Crippen LogP contribution in [0, 0.1) is 0 Å². The van der Waals surface area contributed by atoms with Gasteiger partial charge < -0.3 is 10.2 Å². The Morgan fingerprint density at radius 1 is 0.865 bits per heavy atom. The van der Waals surface area contributed by atoms with Gasteiger partial charge in [0.05, 0.1) is 0 Å². The van der Waals surface area contributed by atoms with Crippen LogP contribution < -0.4 is 5.32 Å². The topological polar surface area (TPSA) is 49.4 Å². The van der Waals surface area contributed by atoms with E-state index in [1.165, 1.54) is 5.56 Å². The van der Waals surface area contributed by atoms with Crippen LogP contribution in [-0.2, 0) is 34.4 Å². The average Bonchev–Trinajstić information content (AvgIpc) is 2.84. The highest BCUT2D eigenvalue weighted by atomic mass is 79.9. The van der Waals surface area contributed by atoms with Crippen LogP contribution >= 0.6 is 15.9 Å². The predicted molar refractivity (Wildman–Crippen MR) is 155 cm³/mol. The summed E-state index contributed by atoms with van der Waals surface area (Å²) in [7, 11) is 0. The van der Waals surface area contributed by atoms with E-state index in [0.29, 0.717) is 25.8 Å². The molecule has 0 heterocycles. The fourth-order valence-corrected chi connectivity index (χ4v) is 4.78. The van der Waals surface area contributed by atoms with Crippen molar-refractivity contribution in [3.8, 4) is 0 Å². The summed E-state index contributed by atoms with van der Waals surface area (Å²) >= 11 is 3.54.